The van der Waals surface area contributed by atoms with E-state index in [1.807, 2.05) is 0 Å². The van der Waals surface area contributed by atoms with Gasteiger partial charge in [0, 0.05) is 29.9 Å². The monoisotopic (exact) mass is 274 g/mol. The molecule has 108 valence electrons. The van der Waals surface area contributed by atoms with E-state index >= 15 is 0 Å². The van der Waals surface area contributed by atoms with Gasteiger partial charge in [-0.25, -0.2) is 0 Å². The van der Waals surface area contributed by atoms with Crippen molar-refractivity contribution in [3.8, 4) is 5.75 Å². The van der Waals surface area contributed by atoms with E-state index in [2.05, 4.69) is 10.3 Å². The van der Waals surface area contributed by atoms with E-state index in [0.29, 0.717) is 18.3 Å². The van der Waals surface area contributed by atoms with Crippen LogP contribution in [-0.2, 0) is 13.2 Å². The molecular weight excluding hydrogens is 252 g/mol. The highest BCUT2D eigenvalue weighted by Gasteiger charge is 2.64. The number of hydrogen-bond donors (Lipinski definition) is 3. The van der Waals surface area contributed by atoms with Gasteiger partial charge in [-0.3, -0.25) is 4.98 Å². The summed E-state index contributed by atoms with van der Waals surface area (Å²) >= 11 is 0. The Morgan fingerprint density at radius 3 is 2.65 bits per heavy atom. The van der Waals surface area contributed by atoms with Crippen molar-refractivity contribution in [2.75, 3.05) is 0 Å². The molecule has 4 heteroatoms. The first-order valence-electron chi connectivity index (χ1n) is 7.71. The van der Waals surface area contributed by atoms with Gasteiger partial charge in [0.05, 0.1) is 12.3 Å². The lowest BCUT2D eigenvalue weighted by Gasteiger charge is -2.14. The standard InChI is InChI=1S/C16H22N2O2/c1-8-16(20)12(11(7-19)5-17-8)6-18-15-13-9-2-3-10(4-9)14(13)15/h5,9-10,13-15,18-20H,2-4,6-7H2,1H3. The minimum Gasteiger partial charge on any atom is -0.506 e. The average Bonchev–Trinajstić information content (AvgIpc) is 2.84. The second-order valence-electron chi connectivity index (χ2n) is 6.75. The molecule has 3 N–H and O–H groups in total. The Morgan fingerprint density at radius 2 is 2.00 bits per heavy atom. The van der Waals surface area contributed by atoms with Crippen LogP contribution in [0.4, 0.5) is 0 Å². The summed E-state index contributed by atoms with van der Waals surface area (Å²) in [6.07, 6.45) is 5.97. The van der Waals surface area contributed by atoms with E-state index in [4.69, 9.17) is 0 Å². The van der Waals surface area contributed by atoms with Crippen LogP contribution in [0.3, 0.4) is 0 Å². The SMILES string of the molecule is Cc1ncc(CO)c(CNC2C3C4CCC(C4)C23)c1O. The summed E-state index contributed by atoms with van der Waals surface area (Å²) in [5.74, 6) is 3.91. The topological polar surface area (TPSA) is 65.4 Å². The third-order valence-corrected chi connectivity index (χ3v) is 5.85. The first-order chi connectivity index (χ1) is 9.70. The van der Waals surface area contributed by atoms with Gasteiger partial charge in [-0.2, -0.15) is 0 Å². The Morgan fingerprint density at radius 1 is 1.30 bits per heavy atom. The highest BCUT2D eigenvalue weighted by Crippen LogP contribution is 2.65. The van der Waals surface area contributed by atoms with Crippen molar-refractivity contribution in [1.82, 2.24) is 10.3 Å². The first-order valence-corrected chi connectivity index (χ1v) is 7.71. The quantitative estimate of drug-likeness (QED) is 0.782. The second kappa shape index (κ2) is 4.43. The minimum absolute atomic E-state index is 0.0688. The maximum absolute atomic E-state index is 10.1. The second-order valence-corrected chi connectivity index (χ2v) is 6.75. The lowest BCUT2D eigenvalue weighted by molar-refractivity contribution is 0.278. The van der Waals surface area contributed by atoms with Crippen LogP contribution in [0.15, 0.2) is 6.20 Å². The third kappa shape index (κ3) is 1.71. The molecule has 3 fully saturated rings. The number of fused-ring (bicyclic) bond motifs is 5. The zero-order chi connectivity index (χ0) is 13.9. The first kappa shape index (κ1) is 12.6. The zero-order valence-electron chi connectivity index (χ0n) is 11.8. The Bertz CT molecular complexity index is 530. The molecule has 3 saturated carbocycles. The molecule has 4 rings (SSSR count). The molecule has 2 bridgehead atoms. The van der Waals surface area contributed by atoms with Crippen LogP contribution in [0.1, 0.15) is 36.1 Å². The molecule has 4 atom stereocenters. The van der Waals surface area contributed by atoms with Crippen molar-refractivity contribution in [3.63, 3.8) is 0 Å². The number of aliphatic hydroxyl groups is 1. The van der Waals surface area contributed by atoms with E-state index < -0.39 is 0 Å². The number of nitrogens with one attached hydrogen (secondary N) is 1. The molecule has 0 radical (unpaired) electrons. The lowest BCUT2D eigenvalue weighted by atomic mass is 10.0. The van der Waals surface area contributed by atoms with Gasteiger partial charge in [-0.15, -0.1) is 0 Å². The van der Waals surface area contributed by atoms with Gasteiger partial charge < -0.3 is 15.5 Å². The molecule has 0 saturated heterocycles. The van der Waals surface area contributed by atoms with Gasteiger partial charge in [0.25, 0.3) is 0 Å². The van der Waals surface area contributed by atoms with Crippen molar-refractivity contribution >= 4 is 0 Å². The fourth-order valence-electron chi connectivity index (χ4n) is 4.84. The molecule has 1 heterocycles. The molecule has 1 aromatic heterocycles. The van der Waals surface area contributed by atoms with Gasteiger partial charge in [0.2, 0.25) is 0 Å². The predicted octanol–water partition coefficient (Wildman–Crippen LogP) is 1.72. The van der Waals surface area contributed by atoms with E-state index in [1.165, 1.54) is 19.3 Å². The van der Waals surface area contributed by atoms with Crippen LogP contribution in [0.25, 0.3) is 0 Å². The Hall–Kier alpha value is -1.13. The number of aromatic hydroxyl groups is 1. The third-order valence-electron chi connectivity index (χ3n) is 5.85. The van der Waals surface area contributed by atoms with Crippen molar-refractivity contribution in [3.05, 3.63) is 23.0 Å². The number of hydrogen-bond acceptors (Lipinski definition) is 4. The van der Waals surface area contributed by atoms with E-state index in [9.17, 15) is 10.2 Å². The maximum Gasteiger partial charge on any atom is 0.141 e. The highest BCUT2D eigenvalue weighted by atomic mass is 16.3. The Kier molecular flexibility index (Phi) is 2.79. The molecule has 4 nitrogen and oxygen atoms in total. The zero-order valence-corrected chi connectivity index (χ0v) is 11.8. The summed E-state index contributed by atoms with van der Waals surface area (Å²) in [6, 6.07) is 0.640. The van der Waals surface area contributed by atoms with Crippen LogP contribution < -0.4 is 5.32 Å². The van der Waals surface area contributed by atoms with E-state index in [1.54, 1.807) is 13.1 Å². The number of nitrogens with zero attached hydrogens (tertiary/aromatic N) is 1. The Balaban J connectivity index is 1.47. The predicted molar refractivity (Wildman–Crippen MR) is 75.0 cm³/mol. The normalized spacial score (nSPS) is 37.2. The summed E-state index contributed by atoms with van der Waals surface area (Å²) in [4.78, 5) is 4.11. The Labute approximate surface area is 119 Å². The molecule has 3 aliphatic carbocycles. The van der Waals surface area contributed by atoms with Crippen LogP contribution in [-0.4, -0.2) is 21.2 Å². The summed E-state index contributed by atoms with van der Waals surface area (Å²) in [7, 11) is 0. The largest absolute Gasteiger partial charge is 0.506 e. The van der Waals surface area contributed by atoms with Crippen LogP contribution in [0.2, 0.25) is 0 Å². The number of aryl methyl sites for hydroxylation is 1. The van der Waals surface area contributed by atoms with Gasteiger partial charge in [0.15, 0.2) is 0 Å². The summed E-state index contributed by atoms with van der Waals surface area (Å²) in [5.41, 5.74) is 2.18. The smallest absolute Gasteiger partial charge is 0.141 e. The van der Waals surface area contributed by atoms with E-state index in [-0.39, 0.29) is 12.4 Å². The van der Waals surface area contributed by atoms with Gasteiger partial charge in [0.1, 0.15) is 5.75 Å². The molecule has 0 amide bonds. The number of aliphatic hydroxyl groups excluding tert-OH is 1. The fourth-order valence-corrected chi connectivity index (χ4v) is 4.84. The number of aromatic nitrogens is 1. The molecule has 3 aliphatic rings. The maximum atomic E-state index is 10.1. The van der Waals surface area contributed by atoms with Crippen LogP contribution >= 0.6 is 0 Å². The summed E-state index contributed by atoms with van der Waals surface area (Å²) in [5, 5.41) is 23.2. The van der Waals surface area contributed by atoms with Crippen molar-refractivity contribution in [1.29, 1.82) is 0 Å². The van der Waals surface area contributed by atoms with Crippen LogP contribution in [0, 0.1) is 30.6 Å². The molecule has 20 heavy (non-hydrogen) atoms. The summed E-state index contributed by atoms with van der Waals surface area (Å²) in [6.45, 7) is 2.37. The van der Waals surface area contributed by atoms with Crippen molar-refractivity contribution in [2.45, 2.75) is 45.4 Å². The van der Waals surface area contributed by atoms with Gasteiger partial charge in [-0.05, 0) is 49.9 Å². The fraction of sp³-hybridized carbons (Fsp3) is 0.688. The average molecular weight is 274 g/mol. The number of rotatable bonds is 4. The molecule has 4 unspecified atom stereocenters. The summed E-state index contributed by atoms with van der Waals surface area (Å²) < 4.78 is 0. The molecular formula is C16H22N2O2. The van der Waals surface area contributed by atoms with E-state index in [0.717, 1.165) is 34.8 Å². The lowest BCUT2D eigenvalue weighted by Crippen LogP contribution is -2.23. The molecule has 0 aromatic carbocycles. The molecule has 0 aliphatic heterocycles. The van der Waals surface area contributed by atoms with Gasteiger partial charge >= 0.3 is 0 Å². The number of pyridine rings is 1. The molecule has 1 aromatic rings. The highest BCUT2D eigenvalue weighted by molar-refractivity contribution is 5.40. The van der Waals surface area contributed by atoms with Gasteiger partial charge in [-0.1, -0.05) is 0 Å². The minimum atomic E-state index is -0.0688. The van der Waals surface area contributed by atoms with Crippen molar-refractivity contribution < 1.29 is 10.2 Å². The van der Waals surface area contributed by atoms with Crippen LogP contribution in [0.5, 0.6) is 5.75 Å². The molecule has 0 spiro atoms. The van der Waals surface area contributed by atoms with Crippen molar-refractivity contribution in [2.24, 2.45) is 23.7 Å².